The molecule has 0 unspecified atom stereocenters. The lowest BCUT2D eigenvalue weighted by Crippen LogP contribution is -2.13. The van der Waals surface area contributed by atoms with Crippen LogP contribution in [0.3, 0.4) is 0 Å². The van der Waals surface area contributed by atoms with E-state index in [0.717, 1.165) is 16.8 Å². The van der Waals surface area contributed by atoms with Crippen LogP contribution in [0, 0.1) is 13.8 Å². The Morgan fingerprint density at radius 3 is 2.46 bits per heavy atom. The Bertz CT molecular complexity index is 988. The van der Waals surface area contributed by atoms with Gasteiger partial charge >= 0.3 is 0 Å². The van der Waals surface area contributed by atoms with E-state index in [-0.39, 0.29) is 4.90 Å². The number of aromatic nitrogens is 2. The molecular weight excluding hydrogens is 348 g/mol. The summed E-state index contributed by atoms with van der Waals surface area (Å²) < 4.78 is 27.5. The maximum atomic E-state index is 12.5. The smallest absolute Gasteiger partial charge is 0.261 e. The monoisotopic (exact) mass is 368 g/mol. The number of nitrogens with one attached hydrogen (secondary N) is 2. The van der Waals surface area contributed by atoms with Crippen molar-refractivity contribution in [1.82, 2.24) is 9.97 Å². The molecule has 0 aliphatic heterocycles. The topological polar surface area (TPSA) is 84.0 Å². The van der Waals surface area contributed by atoms with Gasteiger partial charge in [-0.05, 0) is 61.4 Å². The molecule has 0 atom stereocenters. The van der Waals surface area contributed by atoms with Crippen LogP contribution < -0.4 is 10.0 Å². The molecule has 2 heterocycles. The molecule has 1 aromatic carbocycles. The van der Waals surface area contributed by atoms with Gasteiger partial charge in [0.1, 0.15) is 5.82 Å². The van der Waals surface area contributed by atoms with Gasteiger partial charge in [0, 0.05) is 6.20 Å². The first-order chi connectivity index (χ1) is 12.4. The Labute approximate surface area is 153 Å². The largest absolute Gasteiger partial charge is 0.364 e. The van der Waals surface area contributed by atoms with Gasteiger partial charge in [-0.25, -0.2) is 13.4 Å². The van der Waals surface area contributed by atoms with Gasteiger partial charge in [-0.3, -0.25) is 9.71 Å². The first-order valence-corrected chi connectivity index (χ1v) is 9.62. The molecule has 0 radical (unpaired) electrons. The maximum Gasteiger partial charge on any atom is 0.261 e. The molecule has 2 N–H and O–H groups in total. The summed E-state index contributed by atoms with van der Waals surface area (Å²) in [5.41, 5.74) is 3.29. The maximum absolute atomic E-state index is 12.5. The molecule has 0 aliphatic rings. The van der Waals surface area contributed by atoms with Crippen LogP contribution in [0.2, 0.25) is 0 Å². The van der Waals surface area contributed by atoms with E-state index in [9.17, 15) is 8.42 Å². The summed E-state index contributed by atoms with van der Waals surface area (Å²) >= 11 is 0. The predicted octanol–water partition coefficient (Wildman–Crippen LogP) is 3.51. The number of anilines is 2. The van der Waals surface area contributed by atoms with Crippen LogP contribution in [0.25, 0.3) is 0 Å². The fraction of sp³-hybridized carbons (Fsp3) is 0.158. The van der Waals surface area contributed by atoms with E-state index in [1.165, 1.54) is 6.20 Å². The lowest BCUT2D eigenvalue weighted by atomic mass is 10.1. The molecule has 0 amide bonds. The summed E-state index contributed by atoms with van der Waals surface area (Å²) in [6.45, 7) is 4.37. The van der Waals surface area contributed by atoms with Crippen molar-refractivity contribution >= 4 is 21.5 Å². The number of hydrogen-bond donors (Lipinski definition) is 2. The van der Waals surface area contributed by atoms with E-state index >= 15 is 0 Å². The van der Waals surface area contributed by atoms with Crippen molar-refractivity contribution in [3.05, 3.63) is 77.7 Å². The van der Waals surface area contributed by atoms with Crippen molar-refractivity contribution in [2.75, 3.05) is 10.0 Å². The third-order valence-electron chi connectivity index (χ3n) is 3.98. The Morgan fingerprint density at radius 1 is 0.962 bits per heavy atom. The number of rotatable bonds is 6. The highest BCUT2D eigenvalue weighted by molar-refractivity contribution is 7.92. The van der Waals surface area contributed by atoms with Gasteiger partial charge in [0.25, 0.3) is 10.0 Å². The molecule has 134 valence electrons. The Hall–Kier alpha value is -2.93. The highest BCUT2D eigenvalue weighted by Crippen LogP contribution is 2.19. The SMILES string of the molecule is Cc1ccc(S(=O)(=O)Nc2ccc(NCc3ccccn3)nc2)cc1C. The van der Waals surface area contributed by atoms with Crippen molar-refractivity contribution in [2.45, 2.75) is 25.3 Å². The van der Waals surface area contributed by atoms with Crippen LogP contribution in [-0.2, 0) is 16.6 Å². The van der Waals surface area contributed by atoms with E-state index in [1.807, 2.05) is 32.0 Å². The van der Waals surface area contributed by atoms with Gasteiger partial charge in [-0.1, -0.05) is 12.1 Å². The molecule has 3 aromatic rings. The summed E-state index contributed by atoms with van der Waals surface area (Å²) in [6.07, 6.45) is 3.22. The second kappa shape index (κ2) is 7.53. The fourth-order valence-electron chi connectivity index (χ4n) is 2.34. The van der Waals surface area contributed by atoms with Gasteiger partial charge in [-0.15, -0.1) is 0 Å². The number of benzene rings is 1. The van der Waals surface area contributed by atoms with Gasteiger partial charge in [0.15, 0.2) is 0 Å². The average molecular weight is 368 g/mol. The highest BCUT2D eigenvalue weighted by Gasteiger charge is 2.15. The standard InChI is InChI=1S/C19H20N4O2S/c1-14-6-8-18(11-15(14)2)26(24,25)23-17-7-9-19(22-13-17)21-12-16-5-3-4-10-20-16/h3-11,13,23H,12H2,1-2H3,(H,21,22). The normalized spacial score (nSPS) is 11.2. The molecule has 0 spiro atoms. The van der Waals surface area contributed by atoms with E-state index in [0.29, 0.717) is 18.1 Å². The Kier molecular flexibility index (Phi) is 5.18. The van der Waals surface area contributed by atoms with Gasteiger partial charge in [0.05, 0.1) is 29.0 Å². The molecule has 0 aliphatic carbocycles. The van der Waals surface area contributed by atoms with Gasteiger partial charge in [-0.2, -0.15) is 0 Å². The van der Waals surface area contributed by atoms with Crippen molar-refractivity contribution in [3.63, 3.8) is 0 Å². The third-order valence-corrected chi connectivity index (χ3v) is 5.36. The average Bonchev–Trinajstić information content (AvgIpc) is 2.64. The lowest BCUT2D eigenvalue weighted by molar-refractivity contribution is 0.601. The minimum atomic E-state index is -3.64. The summed E-state index contributed by atoms with van der Waals surface area (Å²) in [4.78, 5) is 8.70. The second-order valence-corrected chi connectivity index (χ2v) is 7.64. The molecular formula is C19H20N4O2S. The molecule has 0 bridgehead atoms. The van der Waals surface area contributed by atoms with Gasteiger partial charge in [0.2, 0.25) is 0 Å². The van der Waals surface area contributed by atoms with Crippen LogP contribution >= 0.6 is 0 Å². The minimum Gasteiger partial charge on any atom is -0.364 e. The number of aryl methyl sites for hydroxylation is 2. The van der Waals surface area contributed by atoms with Crippen LogP contribution in [0.5, 0.6) is 0 Å². The molecule has 3 rings (SSSR count). The molecule has 2 aromatic heterocycles. The zero-order valence-corrected chi connectivity index (χ0v) is 15.4. The highest BCUT2D eigenvalue weighted by atomic mass is 32.2. The van der Waals surface area contributed by atoms with Crippen LogP contribution in [0.4, 0.5) is 11.5 Å². The number of nitrogens with zero attached hydrogens (tertiary/aromatic N) is 2. The molecule has 0 fully saturated rings. The fourth-order valence-corrected chi connectivity index (χ4v) is 3.47. The first kappa shape index (κ1) is 17.9. The van der Waals surface area contributed by atoms with Crippen molar-refractivity contribution in [2.24, 2.45) is 0 Å². The minimum absolute atomic E-state index is 0.234. The molecule has 26 heavy (non-hydrogen) atoms. The summed E-state index contributed by atoms with van der Waals surface area (Å²) in [7, 11) is -3.64. The summed E-state index contributed by atoms with van der Waals surface area (Å²) in [6, 6.07) is 14.1. The van der Waals surface area contributed by atoms with E-state index in [1.54, 1.807) is 36.5 Å². The third kappa shape index (κ3) is 4.37. The Morgan fingerprint density at radius 2 is 1.81 bits per heavy atom. The zero-order valence-electron chi connectivity index (χ0n) is 14.6. The molecule has 7 heteroatoms. The lowest BCUT2D eigenvalue weighted by Gasteiger charge is -2.10. The molecule has 0 saturated heterocycles. The van der Waals surface area contributed by atoms with Crippen molar-refractivity contribution < 1.29 is 8.42 Å². The number of hydrogen-bond acceptors (Lipinski definition) is 5. The number of sulfonamides is 1. The number of pyridine rings is 2. The predicted molar refractivity (Wildman–Crippen MR) is 103 cm³/mol. The summed E-state index contributed by atoms with van der Waals surface area (Å²) in [5.74, 6) is 0.643. The first-order valence-electron chi connectivity index (χ1n) is 8.14. The van der Waals surface area contributed by atoms with Crippen molar-refractivity contribution in [1.29, 1.82) is 0 Å². The van der Waals surface area contributed by atoms with E-state index in [2.05, 4.69) is 20.0 Å². The Balaban J connectivity index is 1.67. The van der Waals surface area contributed by atoms with E-state index in [4.69, 9.17) is 0 Å². The van der Waals surface area contributed by atoms with Crippen LogP contribution in [0.1, 0.15) is 16.8 Å². The quantitative estimate of drug-likeness (QED) is 0.696. The van der Waals surface area contributed by atoms with Gasteiger partial charge < -0.3 is 5.32 Å². The zero-order chi connectivity index (χ0) is 18.6. The second-order valence-electron chi connectivity index (χ2n) is 5.96. The van der Waals surface area contributed by atoms with Crippen molar-refractivity contribution in [3.8, 4) is 0 Å². The summed E-state index contributed by atoms with van der Waals surface area (Å²) in [5, 5.41) is 3.15. The molecule has 6 nitrogen and oxygen atoms in total. The van der Waals surface area contributed by atoms with E-state index < -0.39 is 10.0 Å². The molecule has 0 saturated carbocycles. The van der Waals surface area contributed by atoms with Crippen LogP contribution in [0.15, 0.2) is 65.8 Å². The van der Waals surface area contributed by atoms with Crippen LogP contribution in [-0.4, -0.2) is 18.4 Å².